The fourth-order valence-electron chi connectivity index (χ4n) is 10.2. The van der Waals surface area contributed by atoms with E-state index in [0.29, 0.717) is 17.3 Å². The van der Waals surface area contributed by atoms with Gasteiger partial charge < -0.3 is 14.9 Å². The standard InChI is InChI=1S/C33H54O5/c1-21(10-9-16-29(2,3)37)22-13-18-33(8)24-11-12-25-30(4,5)26(38-28(36)20-27(34)35)15-17-31(25,6)23(24)14-19-32(22,33)7/h21-22,25-26,37H,9-20H2,1-8H3,(H,34,35)/t21-,22-,25+,26+,31-,32-,33+/m1/s1. The summed E-state index contributed by atoms with van der Waals surface area (Å²) in [6.07, 6.45) is 11.5. The van der Waals surface area contributed by atoms with E-state index in [1.807, 2.05) is 13.8 Å². The van der Waals surface area contributed by atoms with Gasteiger partial charge in [0.25, 0.3) is 0 Å². The third-order valence-electron chi connectivity index (χ3n) is 12.5. The molecule has 5 nitrogen and oxygen atoms in total. The summed E-state index contributed by atoms with van der Waals surface area (Å²) in [4.78, 5) is 23.3. The highest BCUT2D eigenvalue weighted by Crippen LogP contribution is 2.72. The van der Waals surface area contributed by atoms with Crippen LogP contribution in [0.25, 0.3) is 0 Å². The summed E-state index contributed by atoms with van der Waals surface area (Å²) < 4.78 is 5.79. The van der Waals surface area contributed by atoms with Crippen molar-refractivity contribution in [2.24, 2.45) is 39.4 Å². The lowest BCUT2D eigenvalue weighted by Gasteiger charge is -2.62. The van der Waals surface area contributed by atoms with Gasteiger partial charge in [-0.2, -0.15) is 0 Å². The fraction of sp³-hybridized carbons (Fsp3) is 0.879. The van der Waals surface area contributed by atoms with Gasteiger partial charge in [-0.3, -0.25) is 9.59 Å². The average Bonchev–Trinajstić information content (AvgIpc) is 3.06. The number of carboxylic acid groups (broad SMARTS) is 1. The van der Waals surface area contributed by atoms with Crippen LogP contribution in [-0.2, 0) is 14.3 Å². The number of hydrogen-bond acceptors (Lipinski definition) is 4. The van der Waals surface area contributed by atoms with Crippen molar-refractivity contribution in [1.29, 1.82) is 0 Å². The second-order valence-corrected chi connectivity index (χ2v) is 15.5. The number of aliphatic carboxylic acids is 1. The molecule has 0 aromatic rings. The van der Waals surface area contributed by atoms with E-state index in [1.165, 1.54) is 32.1 Å². The minimum atomic E-state index is -1.12. The highest BCUT2D eigenvalue weighted by atomic mass is 16.5. The molecule has 0 aromatic heterocycles. The number of fused-ring (bicyclic) bond motifs is 4. The van der Waals surface area contributed by atoms with Gasteiger partial charge in [-0.05, 0) is 106 Å². The topological polar surface area (TPSA) is 83.8 Å². The quantitative estimate of drug-likeness (QED) is 0.191. The molecular formula is C33H54O5. The zero-order chi connectivity index (χ0) is 28.3. The number of carboxylic acids is 1. The Bertz CT molecular complexity index is 972. The summed E-state index contributed by atoms with van der Waals surface area (Å²) in [5.41, 5.74) is 3.40. The molecule has 0 bridgehead atoms. The van der Waals surface area contributed by atoms with Gasteiger partial charge in [0.2, 0.25) is 0 Å². The molecule has 0 unspecified atom stereocenters. The molecule has 2 N–H and O–H groups in total. The molecular weight excluding hydrogens is 476 g/mol. The first-order chi connectivity index (χ1) is 17.5. The minimum Gasteiger partial charge on any atom is -0.481 e. The van der Waals surface area contributed by atoms with Gasteiger partial charge in [-0.15, -0.1) is 0 Å². The van der Waals surface area contributed by atoms with E-state index in [4.69, 9.17) is 9.84 Å². The zero-order valence-corrected chi connectivity index (χ0v) is 25.4. The molecule has 4 rings (SSSR count). The number of hydrogen-bond donors (Lipinski definition) is 2. The number of esters is 1. The SMILES string of the molecule is C[C@H](CCCC(C)(C)O)[C@H]1CC[C@@]2(C)C3=C(CC[C@]12C)[C@@]1(C)CC[C@H](OC(=O)CC(=O)O)C(C)(C)[C@@H]1CC3. The number of rotatable bonds is 8. The van der Waals surface area contributed by atoms with Gasteiger partial charge in [0.1, 0.15) is 12.5 Å². The van der Waals surface area contributed by atoms with Crippen LogP contribution in [0.3, 0.4) is 0 Å². The highest BCUT2D eigenvalue weighted by molar-refractivity contribution is 5.90. The van der Waals surface area contributed by atoms with E-state index in [2.05, 4.69) is 41.5 Å². The summed E-state index contributed by atoms with van der Waals surface area (Å²) in [6.45, 7) is 18.5. The van der Waals surface area contributed by atoms with Crippen LogP contribution in [0.4, 0.5) is 0 Å². The number of aliphatic hydroxyl groups is 1. The van der Waals surface area contributed by atoms with Crippen molar-refractivity contribution >= 4 is 11.9 Å². The summed E-state index contributed by atoms with van der Waals surface area (Å²) in [7, 11) is 0. The van der Waals surface area contributed by atoms with Gasteiger partial charge >= 0.3 is 11.9 Å². The molecule has 2 fully saturated rings. The molecule has 0 spiro atoms. The van der Waals surface area contributed by atoms with Gasteiger partial charge in [-0.25, -0.2) is 0 Å². The van der Waals surface area contributed by atoms with Crippen molar-refractivity contribution in [1.82, 2.24) is 0 Å². The molecule has 2 saturated carbocycles. The molecule has 4 aliphatic rings. The number of allylic oxidation sites excluding steroid dienone is 2. The molecule has 216 valence electrons. The summed E-state index contributed by atoms with van der Waals surface area (Å²) in [6, 6.07) is 0. The van der Waals surface area contributed by atoms with Crippen molar-refractivity contribution in [2.45, 2.75) is 144 Å². The van der Waals surface area contributed by atoms with E-state index >= 15 is 0 Å². The first-order valence-corrected chi connectivity index (χ1v) is 15.3. The maximum atomic E-state index is 12.3. The van der Waals surface area contributed by atoms with Gasteiger partial charge in [0, 0.05) is 5.41 Å². The molecule has 38 heavy (non-hydrogen) atoms. The predicted molar refractivity (Wildman–Crippen MR) is 150 cm³/mol. The summed E-state index contributed by atoms with van der Waals surface area (Å²) in [5.74, 6) is 0.101. The Morgan fingerprint density at radius 3 is 2.32 bits per heavy atom. The van der Waals surface area contributed by atoms with Crippen LogP contribution < -0.4 is 0 Å². The van der Waals surface area contributed by atoms with Crippen LogP contribution >= 0.6 is 0 Å². The van der Waals surface area contributed by atoms with Crippen molar-refractivity contribution in [3.05, 3.63) is 11.1 Å². The van der Waals surface area contributed by atoms with Crippen LogP contribution in [0.5, 0.6) is 0 Å². The largest absolute Gasteiger partial charge is 0.481 e. The minimum absolute atomic E-state index is 0.119. The first-order valence-electron chi connectivity index (χ1n) is 15.3. The summed E-state index contributed by atoms with van der Waals surface area (Å²) in [5, 5.41) is 19.2. The fourth-order valence-corrected chi connectivity index (χ4v) is 10.2. The molecule has 0 amide bonds. The molecule has 7 atom stereocenters. The molecule has 0 saturated heterocycles. The highest BCUT2D eigenvalue weighted by Gasteiger charge is 2.63. The van der Waals surface area contributed by atoms with Crippen LogP contribution in [0.2, 0.25) is 0 Å². The number of carbonyl (C=O) groups excluding carboxylic acids is 1. The lowest BCUT2D eigenvalue weighted by atomic mass is 9.43. The Morgan fingerprint density at radius 2 is 1.68 bits per heavy atom. The Hall–Kier alpha value is -1.36. The van der Waals surface area contributed by atoms with Crippen LogP contribution in [0.1, 0.15) is 132 Å². The van der Waals surface area contributed by atoms with E-state index in [1.54, 1.807) is 11.1 Å². The Labute approximate surface area is 231 Å². The normalized spacial score (nSPS) is 39.1. The summed E-state index contributed by atoms with van der Waals surface area (Å²) >= 11 is 0. The predicted octanol–water partition coefficient (Wildman–Crippen LogP) is 7.70. The molecule has 0 aromatic carbocycles. The molecule has 5 heteroatoms. The van der Waals surface area contributed by atoms with E-state index in [-0.39, 0.29) is 22.3 Å². The van der Waals surface area contributed by atoms with Crippen molar-refractivity contribution in [3.8, 4) is 0 Å². The Kier molecular flexibility index (Phi) is 7.74. The lowest BCUT2D eigenvalue weighted by Crippen LogP contribution is -2.55. The number of carbonyl (C=O) groups is 2. The molecule has 0 aliphatic heterocycles. The van der Waals surface area contributed by atoms with Gasteiger partial charge in [0.15, 0.2) is 0 Å². The first kappa shape index (κ1) is 29.6. The third kappa shape index (κ3) is 4.88. The second-order valence-electron chi connectivity index (χ2n) is 15.5. The van der Waals surface area contributed by atoms with Crippen molar-refractivity contribution in [2.75, 3.05) is 0 Å². The zero-order valence-electron chi connectivity index (χ0n) is 25.4. The maximum absolute atomic E-state index is 12.3. The number of ether oxygens (including phenoxy) is 1. The van der Waals surface area contributed by atoms with E-state index in [9.17, 15) is 14.7 Å². The monoisotopic (exact) mass is 530 g/mol. The van der Waals surface area contributed by atoms with Crippen molar-refractivity contribution in [3.63, 3.8) is 0 Å². The van der Waals surface area contributed by atoms with Crippen LogP contribution in [0, 0.1) is 39.4 Å². The van der Waals surface area contributed by atoms with Gasteiger partial charge in [-0.1, -0.05) is 65.5 Å². The van der Waals surface area contributed by atoms with E-state index in [0.717, 1.165) is 44.4 Å². The van der Waals surface area contributed by atoms with Crippen molar-refractivity contribution < 1.29 is 24.5 Å². The third-order valence-corrected chi connectivity index (χ3v) is 12.5. The van der Waals surface area contributed by atoms with E-state index < -0.39 is 24.0 Å². The smallest absolute Gasteiger partial charge is 0.317 e. The van der Waals surface area contributed by atoms with Crippen LogP contribution in [0.15, 0.2) is 11.1 Å². The Morgan fingerprint density at radius 1 is 1.00 bits per heavy atom. The van der Waals surface area contributed by atoms with Gasteiger partial charge in [0.05, 0.1) is 5.60 Å². The second kappa shape index (κ2) is 9.93. The maximum Gasteiger partial charge on any atom is 0.317 e. The molecule has 4 aliphatic carbocycles. The lowest BCUT2D eigenvalue weighted by molar-refractivity contribution is -0.172. The molecule has 0 heterocycles. The van der Waals surface area contributed by atoms with Crippen LogP contribution in [-0.4, -0.2) is 33.9 Å². The molecule has 0 radical (unpaired) electrons. The average molecular weight is 531 g/mol. The Balaban J connectivity index is 1.56.